The van der Waals surface area contributed by atoms with Gasteiger partial charge in [-0.2, -0.15) is 13.2 Å². The highest BCUT2D eigenvalue weighted by Crippen LogP contribution is 2.43. The van der Waals surface area contributed by atoms with Crippen LogP contribution in [0, 0.1) is 0 Å². The fraction of sp³-hybridized carbons (Fsp3) is 0.462. The van der Waals surface area contributed by atoms with Crippen molar-refractivity contribution >= 4 is 21.9 Å². The zero-order valence-corrected chi connectivity index (χ0v) is 12.7. The monoisotopic (exact) mass is 354 g/mol. The fourth-order valence-electron chi connectivity index (χ4n) is 2.03. The second-order valence-corrected chi connectivity index (χ2v) is 5.84. The Balaban J connectivity index is 3.45. The summed E-state index contributed by atoms with van der Waals surface area (Å²) in [6.45, 7) is 3.27. The Hall–Kier alpha value is -1.24. The molecule has 0 amide bonds. The highest BCUT2D eigenvalue weighted by molar-refractivity contribution is 9.10. The molecule has 0 radical (unpaired) electrons. The Morgan fingerprint density at radius 3 is 2.30 bits per heavy atom. The highest BCUT2D eigenvalue weighted by Gasteiger charge is 2.35. The van der Waals surface area contributed by atoms with Crippen LogP contribution in [0.5, 0.6) is 5.75 Å². The molecule has 0 fully saturated rings. The van der Waals surface area contributed by atoms with Gasteiger partial charge in [-0.1, -0.05) is 29.8 Å². The van der Waals surface area contributed by atoms with Crippen molar-refractivity contribution in [1.82, 2.24) is 0 Å². The number of ether oxygens (including phenoxy) is 1. The molecule has 0 saturated heterocycles. The molecule has 0 aliphatic heterocycles. The van der Waals surface area contributed by atoms with Crippen LogP contribution >= 0.6 is 15.9 Å². The van der Waals surface area contributed by atoms with Crippen LogP contribution in [0.2, 0.25) is 0 Å². The maximum Gasteiger partial charge on any atom is 0.416 e. The second-order valence-electron chi connectivity index (χ2n) is 4.99. The molecule has 0 aromatic heterocycles. The predicted octanol–water partition coefficient (Wildman–Crippen LogP) is 4.23. The van der Waals surface area contributed by atoms with Crippen molar-refractivity contribution in [3.8, 4) is 5.75 Å². The minimum atomic E-state index is -4.49. The molecular weight excluding hydrogens is 341 g/mol. The third-order valence-corrected chi connectivity index (χ3v) is 3.50. The van der Waals surface area contributed by atoms with E-state index in [9.17, 15) is 18.0 Å². The molecule has 1 N–H and O–H groups in total. The van der Waals surface area contributed by atoms with Crippen molar-refractivity contribution in [3.05, 3.63) is 27.7 Å². The first-order chi connectivity index (χ1) is 8.99. The predicted molar refractivity (Wildman–Crippen MR) is 71.0 cm³/mol. The molecule has 7 heteroatoms. The van der Waals surface area contributed by atoms with Crippen LogP contribution in [0.3, 0.4) is 0 Å². The van der Waals surface area contributed by atoms with Gasteiger partial charge >= 0.3 is 12.1 Å². The average molecular weight is 355 g/mol. The molecule has 0 saturated carbocycles. The third-order valence-electron chi connectivity index (χ3n) is 2.87. The first kappa shape index (κ1) is 16.8. The number of aliphatic carboxylic acids is 1. The topological polar surface area (TPSA) is 46.5 Å². The van der Waals surface area contributed by atoms with Gasteiger partial charge in [-0.25, -0.2) is 0 Å². The molecule has 112 valence electrons. The molecule has 3 nitrogen and oxygen atoms in total. The molecule has 0 bridgehead atoms. The van der Waals surface area contributed by atoms with Gasteiger partial charge in [-0.3, -0.25) is 4.79 Å². The lowest BCUT2D eigenvalue weighted by Gasteiger charge is -2.27. The smallest absolute Gasteiger partial charge is 0.416 e. The number of halogens is 4. The summed E-state index contributed by atoms with van der Waals surface area (Å²) in [4.78, 5) is 10.9. The van der Waals surface area contributed by atoms with Crippen molar-refractivity contribution in [2.24, 2.45) is 0 Å². The number of carboxylic acid groups (broad SMARTS) is 1. The van der Waals surface area contributed by atoms with Crippen LogP contribution in [-0.2, 0) is 16.4 Å². The van der Waals surface area contributed by atoms with E-state index < -0.39 is 23.1 Å². The van der Waals surface area contributed by atoms with Crippen molar-refractivity contribution in [1.29, 1.82) is 0 Å². The van der Waals surface area contributed by atoms with E-state index in [1.807, 2.05) is 0 Å². The van der Waals surface area contributed by atoms with E-state index in [1.165, 1.54) is 7.11 Å². The minimum Gasteiger partial charge on any atom is -0.496 e. The third kappa shape index (κ3) is 3.65. The first-order valence-corrected chi connectivity index (χ1v) is 6.45. The van der Waals surface area contributed by atoms with Gasteiger partial charge in [-0.05, 0) is 12.1 Å². The number of alkyl halides is 3. The van der Waals surface area contributed by atoms with E-state index in [-0.39, 0.29) is 16.6 Å². The molecule has 0 heterocycles. The summed E-state index contributed by atoms with van der Waals surface area (Å²) in [5.74, 6) is -1.03. The van der Waals surface area contributed by atoms with Crippen molar-refractivity contribution < 1.29 is 27.8 Å². The Labute approximate surface area is 122 Å². The van der Waals surface area contributed by atoms with E-state index >= 15 is 0 Å². The maximum absolute atomic E-state index is 12.8. The summed E-state index contributed by atoms with van der Waals surface area (Å²) in [5.41, 5.74) is -1.33. The Morgan fingerprint density at radius 2 is 1.90 bits per heavy atom. The number of carbonyl (C=O) groups is 1. The summed E-state index contributed by atoms with van der Waals surface area (Å²) in [7, 11) is 1.25. The summed E-state index contributed by atoms with van der Waals surface area (Å²) < 4.78 is 43.4. The van der Waals surface area contributed by atoms with Gasteiger partial charge in [0.05, 0.1) is 19.1 Å². The maximum atomic E-state index is 12.8. The first-order valence-electron chi connectivity index (χ1n) is 5.66. The highest BCUT2D eigenvalue weighted by atomic mass is 79.9. The van der Waals surface area contributed by atoms with Gasteiger partial charge in [0.1, 0.15) is 5.75 Å². The van der Waals surface area contributed by atoms with E-state index in [1.54, 1.807) is 13.8 Å². The number of rotatable bonds is 4. The summed E-state index contributed by atoms with van der Waals surface area (Å²) in [6.07, 6.45) is -4.72. The molecule has 1 aromatic rings. The Morgan fingerprint density at radius 1 is 1.35 bits per heavy atom. The summed E-state index contributed by atoms with van der Waals surface area (Å²) in [5, 5.41) is 8.91. The quantitative estimate of drug-likeness (QED) is 0.879. The molecule has 0 unspecified atom stereocenters. The van der Waals surface area contributed by atoms with Crippen molar-refractivity contribution in [2.45, 2.75) is 31.9 Å². The van der Waals surface area contributed by atoms with Crippen LogP contribution in [0.15, 0.2) is 16.6 Å². The molecule has 1 rings (SSSR count). The van der Waals surface area contributed by atoms with Crippen LogP contribution in [0.4, 0.5) is 13.2 Å². The standard InChI is InChI=1S/C13H14BrF3O3/c1-12(2,6-10(18)19)11-8(14)4-7(13(15,16)17)5-9(11)20-3/h4-5H,6H2,1-3H3,(H,18,19). The molecule has 0 atom stereocenters. The molecule has 0 aliphatic carbocycles. The molecule has 0 spiro atoms. The number of carboxylic acids is 1. The normalized spacial score (nSPS) is 12.3. The number of hydrogen-bond donors (Lipinski definition) is 1. The zero-order valence-electron chi connectivity index (χ0n) is 11.1. The van der Waals surface area contributed by atoms with E-state index in [0.717, 1.165) is 12.1 Å². The van der Waals surface area contributed by atoms with Gasteiger partial charge in [0.2, 0.25) is 0 Å². The molecule has 1 aromatic carbocycles. The average Bonchev–Trinajstić information content (AvgIpc) is 2.24. The summed E-state index contributed by atoms with van der Waals surface area (Å²) in [6, 6.07) is 1.81. The lowest BCUT2D eigenvalue weighted by atomic mass is 9.80. The lowest BCUT2D eigenvalue weighted by molar-refractivity contribution is -0.139. The largest absolute Gasteiger partial charge is 0.496 e. The van der Waals surface area contributed by atoms with Gasteiger partial charge in [0.15, 0.2) is 0 Å². The van der Waals surface area contributed by atoms with E-state index in [2.05, 4.69) is 15.9 Å². The van der Waals surface area contributed by atoms with Crippen molar-refractivity contribution in [3.63, 3.8) is 0 Å². The Bertz CT molecular complexity index is 524. The van der Waals surface area contributed by atoms with Gasteiger partial charge < -0.3 is 9.84 Å². The van der Waals surface area contributed by atoms with Gasteiger partial charge in [0, 0.05) is 15.5 Å². The molecule has 0 aliphatic rings. The number of methoxy groups -OCH3 is 1. The SMILES string of the molecule is COc1cc(C(F)(F)F)cc(Br)c1C(C)(C)CC(=O)O. The van der Waals surface area contributed by atoms with E-state index in [0.29, 0.717) is 5.56 Å². The van der Waals surface area contributed by atoms with Crippen molar-refractivity contribution in [2.75, 3.05) is 7.11 Å². The number of benzene rings is 1. The lowest BCUT2D eigenvalue weighted by Crippen LogP contribution is -2.23. The van der Waals surface area contributed by atoms with Crippen LogP contribution < -0.4 is 4.74 Å². The number of hydrogen-bond acceptors (Lipinski definition) is 2. The molecular formula is C13H14BrF3O3. The zero-order chi connectivity index (χ0) is 15.7. The van der Waals surface area contributed by atoms with Gasteiger partial charge in [0.25, 0.3) is 0 Å². The van der Waals surface area contributed by atoms with Crippen LogP contribution in [0.1, 0.15) is 31.4 Å². The van der Waals surface area contributed by atoms with E-state index in [4.69, 9.17) is 9.84 Å². The Kier molecular flexibility index (Phi) is 4.74. The second kappa shape index (κ2) is 5.63. The molecule has 20 heavy (non-hydrogen) atoms. The van der Waals surface area contributed by atoms with Crippen LogP contribution in [0.25, 0.3) is 0 Å². The minimum absolute atomic E-state index is 0.0120. The van der Waals surface area contributed by atoms with Crippen LogP contribution in [-0.4, -0.2) is 18.2 Å². The van der Waals surface area contributed by atoms with Gasteiger partial charge in [-0.15, -0.1) is 0 Å². The fourth-order valence-corrected chi connectivity index (χ4v) is 3.01. The summed E-state index contributed by atoms with van der Waals surface area (Å²) >= 11 is 3.08.